The van der Waals surface area contributed by atoms with E-state index in [1.165, 1.54) is 6.33 Å². The number of benzene rings is 1. The monoisotopic (exact) mass is 310 g/mol. The Labute approximate surface area is 126 Å². The Kier molecular flexibility index (Phi) is 5.15. The highest BCUT2D eigenvalue weighted by molar-refractivity contribution is 6.42. The fourth-order valence-corrected chi connectivity index (χ4v) is 1.78. The molecule has 0 amide bonds. The highest BCUT2D eigenvalue weighted by Gasteiger charge is 2.09. The minimum Gasteiger partial charge on any atom is -0.391 e. The van der Waals surface area contributed by atoms with Crippen LogP contribution in [0.3, 0.4) is 0 Å². The molecule has 2 aromatic rings. The summed E-state index contributed by atoms with van der Waals surface area (Å²) in [6, 6.07) is 5.27. The summed E-state index contributed by atoms with van der Waals surface area (Å²) in [5, 5.41) is 9.07. The van der Waals surface area contributed by atoms with E-state index >= 15 is 0 Å². The molecule has 0 radical (unpaired) electrons. The molecule has 1 heterocycles. The first-order valence-corrected chi connectivity index (χ1v) is 6.54. The third kappa shape index (κ3) is 3.82. The Hall–Kier alpha value is -1.85. The van der Waals surface area contributed by atoms with Gasteiger partial charge < -0.3 is 4.84 Å². The molecule has 0 spiro atoms. The van der Waals surface area contributed by atoms with Gasteiger partial charge in [-0.1, -0.05) is 47.1 Å². The lowest BCUT2D eigenvalue weighted by Crippen LogP contribution is -2.13. The van der Waals surface area contributed by atoms with Crippen LogP contribution < -0.4 is 0 Å². The molecule has 1 aromatic heterocycles. The largest absolute Gasteiger partial charge is 0.391 e. The van der Waals surface area contributed by atoms with Gasteiger partial charge in [-0.2, -0.15) is 5.10 Å². The number of hydrogen-bond donors (Lipinski definition) is 0. The van der Waals surface area contributed by atoms with Crippen molar-refractivity contribution in [1.82, 2.24) is 14.8 Å². The predicted molar refractivity (Wildman–Crippen MR) is 79.2 cm³/mol. The Morgan fingerprint density at radius 2 is 2.25 bits per heavy atom. The lowest BCUT2D eigenvalue weighted by molar-refractivity contribution is 0.174. The Morgan fingerprint density at radius 1 is 1.40 bits per heavy atom. The lowest BCUT2D eigenvalue weighted by atomic mass is 10.1. The minimum atomic E-state index is 0.322. The smallest absolute Gasteiger partial charge is 0.137 e. The molecule has 0 saturated carbocycles. The second-order valence-electron chi connectivity index (χ2n) is 3.84. The Morgan fingerprint density at radius 3 is 2.90 bits per heavy atom. The summed E-state index contributed by atoms with van der Waals surface area (Å²) in [4.78, 5) is 9.04. The van der Waals surface area contributed by atoms with Crippen LogP contribution in [-0.4, -0.2) is 27.1 Å². The number of nitrogens with zero attached hydrogens (tertiary/aromatic N) is 4. The summed E-state index contributed by atoms with van der Waals surface area (Å²) in [6.45, 7) is 4.30. The third-order valence-electron chi connectivity index (χ3n) is 2.40. The highest BCUT2D eigenvalue weighted by Crippen LogP contribution is 2.23. The zero-order chi connectivity index (χ0) is 14.4. The van der Waals surface area contributed by atoms with Crippen molar-refractivity contribution in [3.63, 3.8) is 0 Å². The number of oxime groups is 1. The quantitative estimate of drug-likeness (QED) is 0.356. The van der Waals surface area contributed by atoms with E-state index in [0.29, 0.717) is 28.9 Å². The van der Waals surface area contributed by atoms with Gasteiger partial charge in [-0.05, 0) is 12.1 Å². The molecule has 0 atom stereocenters. The van der Waals surface area contributed by atoms with Crippen LogP contribution >= 0.6 is 23.2 Å². The van der Waals surface area contributed by atoms with Gasteiger partial charge in [-0.25, -0.2) is 9.67 Å². The molecule has 2 rings (SSSR count). The fraction of sp³-hybridized carbons (Fsp3) is 0.154. The summed E-state index contributed by atoms with van der Waals surface area (Å²) in [5.74, 6) is 0. The fourth-order valence-electron chi connectivity index (χ4n) is 1.48. The van der Waals surface area contributed by atoms with Crippen molar-refractivity contribution >= 4 is 28.9 Å². The molecule has 1 aromatic carbocycles. The second kappa shape index (κ2) is 7.07. The minimum absolute atomic E-state index is 0.322. The molecule has 0 unspecified atom stereocenters. The van der Waals surface area contributed by atoms with Crippen LogP contribution in [0.5, 0.6) is 0 Å². The second-order valence-corrected chi connectivity index (χ2v) is 4.66. The SMILES string of the molecule is C=CCON=C(Cn1cncn1)c1ccc(Cl)c(Cl)c1. The van der Waals surface area contributed by atoms with E-state index in [9.17, 15) is 0 Å². The Balaban J connectivity index is 2.27. The van der Waals surface area contributed by atoms with Crippen molar-refractivity contribution in [2.24, 2.45) is 5.16 Å². The van der Waals surface area contributed by atoms with Gasteiger partial charge in [-0.3, -0.25) is 0 Å². The number of halogens is 2. The molecular weight excluding hydrogens is 299 g/mol. The van der Waals surface area contributed by atoms with E-state index in [1.807, 2.05) is 6.07 Å². The molecule has 5 nitrogen and oxygen atoms in total. The van der Waals surface area contributed by atoms with Crippen LogP contribution in [0, 0.1) is 0 Å². The van der Waals surface area contributed by atoms with Crippen LogP contribution in [-0.2, 0) is 11.4 Å². The van der Waals surface area contributed by atoms with Gasteiger partial charge in [0.1, 0.15) is 25.0 Å². The van der Waals surface area contributed by atoms with Gasteiger partial charge in [0, 0.05) is 5.56 Å². The molecule has 104 valence electrons. The maximum absolute atomic E-state index is 6.02. The average Bonchev–Trinajstić information content (AvgIpc) is 2.94. The summed E-state index contributed by atoms with van der Waals surface area (Å²) >= 11 is 11.9. The zero-order valence-electron chi connectivity index (χ0n) is 10.5. The Bertz CT molecular complexity index is 611. The maximum Gasteiger partial charge on any atom is 0.137 e. The molecular formula is C13H12Cl2N4O. The van der Waals surface area contributed by atoms with Gasteiger partial charge in [-0.15, -0.1) is 0 Å². The van der Waals surface area contributed by atoms with E-state index in [4.69, 9.17) is 28.0 Å². The summed E-state index contributed by atoms with van der Waals surface area (Å²) in [7, 11) is 0. The zero-order valence-corrected chi connectivity index (χ0v) is 12.1. The van der Waals surface area contributed by atoms with Crippen molar-refractivity contribution < 1.29 is 4.84 Å². The lowest BCUT2D eigenvalue weighted by Gasteiger charge is -2.07. The van der Waals surface area contributed by atoms with E-state index in [1.54, 1.807) is 29.2 Å². The average molecular weight is 311 g/mol. The maximum atomic E-state index is 6.02. The molecule has 0 N–H and O–H groups in total. The first-order chi connectivity index (χ1) is 9.70. The number of aromatic nitrogens is 3. The summed E-state index contributed by atoms with van der Waals surface area (Å²) < 4.78 is 1.64. The molecule has 0 aliphatic heterocycles. The molecule has 20 heavy (non-hydrogen) atoms. The molecule has 0 fully saturated rings. The number of rotatable bonds is 6. The van der Waals surface area contributed by atoms with Crippen molar-refractivity contribution in [2.75, 3.05) is 6.61 Å². The van der Waals surface area contributed by atoms with Gasteiger partial charge in [0.05, 0.1) is 16.6 Å². The van der Waals surface area contributed by atoms with E-state index in [-0.39, 0.29) is 0 Å². The van der Waals surface area contributed by atoms with Crippen molar-refractivity contribution in [1.29, 1.82) is 0 Å². The molecule has 0 aliphatic rings. The molecule has 0 aliphatic carbocycles. The summed E-state index contributed by atoms with van der Waals surface area (Å²) in [6.07, 6.45) is 4.67. The van der Waals surface area contributed by atoms with Gasteiger partial charge in [0.15, 0.2) is 0 Å². The van der Waals surface area contributed by atoms with E-state index < -0.39 is 0 Å². The van der Waals surface area contributed by atoms with E-state index in [0.717, 1.165) is 5.56 Å². The van der Waals surface area contributed by atoms with E-state index in [2.05, 4.69) is 21.8 Å². The highest BCUT2D eigenvalue weighted by atomic mass is 35.5. The number of hydrogen-bond acceptors (Lipinski definition) is 4. The predicted octanol–water partition coefficient (Wildman–Crippen LogP) is 3.19. The first-order valence-electron chi connectivity index (χ1n) is 5.78. The summed E-state index contributed by atoms with van der Waals surface area (Å²) in [5.41, 5.74) is 1.47. The van der Waals surface area contributed by atoms with Gasteiger partial charge in [0.2, 0.25) is 0 Å². The van der Waals surface area contributed by atoms with Crippen LogP contribution in [0.4, 0.5) is 0 Å². The van der Waals surface area contributed by atoms with Crippen LogP contribution in [0.1, 0.15) is 5.56 Å². The molecule has 0 bridgehead atoms. The topological polar surface area (TPSA) is 52.3 Å². The normalized spacial score (nSPS) is 11.4. The standard InChI is InChI=1S/C13H12Cl2N4O/c1-2-5-20-18-13(7-19-9-16-8-17-19)10-3-4-11(14)12(15)6-10/h2-4,6,8-9H,1,5,7H2. The van der Waals surface area contributed by atoms with Gasteiger partial charge in [0.25, 0.3) is 0 Å². The van der Waals surface area contributed by atoms with Crippen LogP contribution in [0.2, 0.25) is 10.0 Å². The van der Waals surface area contributed by atoms with Crippen LogP contribution in [0.15, 0.2) is 48.7 Å². The third-order valence-corrected chi connectivity index (χ3v) is 3.14. The molecule has 7 heteroatoms. The van der Waals surface area contributed by atoms with Crippen molar-refractivity contribution in [2.45, 2.75) is 6.54 Å². The van der Waals surface area contributed by atoms with Crippen molar-refractivity contribution in [3.05, 3.63) is 59.1 Å². The molecule has 0 saturated heterocycles. The first kappa shape index (κ1) is 14.6. The van der Waals surface area contributed by atoms with Crippen molar-refractivity contribution in [3.8, 4) is 0 Å². The van der Waals surface area contributed by atoms with Crippen LogP contribution in [0.25, 0.3) is 0 Å². The van der Waals surface area contributed by atoms with Gasteiger partial charge >= 0.3 is 0 Å².